The minimum absolute atomic E-state index is 0.0447. The fourth-order valence-electron chi connectivity index (χ4n) is 1.36. The van der Waals surface area contributed by atoms with Gasteiger partial charge in [0.2, 0.25) is 10.0 Å². The SMILES string of the molecule is COCC(NS(=O)(=O)c1ccc(Cl)c(C)c1)C(=O)O. The molecule has 1 atom stereocenters. The summed E-state index contributed by atoms with van der Waals surface area (Å²) in [6, 6.07) is 2.78. The third kappa shape index (κ3) is 4.17. The summed E-state index contributed by atoms with van der Waals surface area (Å²) in [5, 5.41) is 9.32. The van der Waals surface area contributed by atoms with Crippen LogP contribution in [0.2, 0.25) is 5.02 Å². The second kappa shape index (κ2) is 6.33. The highest BCUT2D eigenvalue weighted by atomic mass is 35.5. The van der Waals surface area contributed by atoms with E-state index in [1.807, 2.05) is 0 Å². The molecule has 0 saturated carbocycles. The number of nitrogens with one attached hydrogen (secondary N) is 1. The number of benzene rings is 1. The summed E-state index contributed by atoms with van der Waals surface area (Å²) >= 11 is 5.81. The lowest BCUT2D eigenvalue weighted by atomic mass is 10.2. The molecule has 1 aromatic rings. The topological polar surface area (TPSA) is 92.7 Å². The number of aliphatic carboxylic acids is 1. The first-order valence-corrected chi connectivity index (χ1v) is 7.14. The van der Waals surface area contributed by atoms with Gasteiger partial charge in [-0.05, 0) is 30.7 Å². The lowest BCUT2D eigenvalue weighted by molar-refractivity contribution is -0.140. The number of carboxylic acid groups (broad SMARTS) is 1. The van der Waals surface area contributed by atoms with E-state index in [1.54, 1.807) is 6.92 Å². The van der Waals surface area contributed by atoms with E-state index in [4.69, 9.17) is 16.7 Å². The zero-order chi connectivity index (χ0) is 14.6. The van der Waals surface area contributed by atoms with E-state index in [0.29, 0.717) is 10.6 Å². The molecule has 1 unspecified atom stereocenters. The minimum atomic E-state index is -3.94. The van der Waals surface area contributed by atoms with Crippen LogP contribution >= 0.6 is 11.6 Å². The van der Waals surface area contributed by atoms with E-state index < -0.39 is 22.0 Å². The van der Waals surface area contributed by atoms with E-state index in [-0.39, 0.29) is 11.5 Å². The molecule has 0 aromatic heterocycles. The highest BCUT2D eigenvalue weighted by Gasteiger charge is 2.25. The lowest BCUT2D eigenvalue weighted by Gasteiger charge is -2.14. The van der Waals surface area contributed by atoms with E-state index in [9.17, 15) is 13.2 Å². The van der Waals surface area contributed by atoms with Crippen molar-refractivity contribution in [2.45, 2.75) is 17.9 Å². The maximum Gasteiger partial charge on any atom is 0.324 e. The first kappa shape index (κ1) is 15.9. The maximum atomic E-state index is 12.0. The highest BCUT2D eigenvalue weighted by Crippen LogP contribution is 2.19. The number of aryl methyl sites for hydroxylation is 1. The molecule has 6 nitrogen and oxygen atoms in total. The number of sulfonamides is 1. The summed E-state index contributed by atoms with van der Waals surface area (Å²) in [6.07, 6.45) is 0. The van der Waals surface area contributed by atoms with Crippen molar-refractivity contribution in [1.82, 2.24) is 4.72 Å². The van der Waals surface area contributed by atoms with Crippen LogP contribution in [-0.2, 0) is 19.6 Å². The number of halogens is 1. The predicted molar refractivity (Wildman–Crippen MR) is 69.8 cm³/mol. The van der Waals surface area contributed by atoms with Crippen LogP contribution in [0.3, 0.4) is 0 Å². The first-order chi connectivity index (χ1) is 8.77. The molecule has 0 amide bonds. The zero-order valence-corrected chi connectivity index (χ0v) is 12.0. The van der Waals surface area contributed by atoms with Gasteiger partial charge in [0.1, 0.15) is 6.04 Å². The van der Waals surface area contributed by atoms with E-state index in [0.717, 1.165) is 0 Å². The minimum Gasteiger partial charge on any atom is -0.480 e. The second-order valence-corrected chi connectivity index (χ2v) is 6.00. The van der Waals surface area contributed by atoms with Crippen molar-refractivity contribution in [2.75, 3.05) is 13.7 Å². The van der Waals surface area contributed by atoms with Gasteiger partial charge in [-0.3, -0.25) is 4.79 Å². The van der Waals surface area contributed by atoms with E-state index in [2.05, 4.69) is 9.46 Å². The number of ether oxygens (including phenoxy) is 1. The van der Waals surface area contributed by atoms with Crippen molar-refractivity contribution in [3.8, 4) is 0 Å². The molecule has 0 spiro atoms. The van der Waals surface area contributed by atoms with Crippen LogP contribution < -0.4 is 4.72 Å². The number of hydrogen-bond donors (Lipinski definition) is 2. The molecule has 0 aliphatic rings. The Morgan fingerprint density at radius 3 is 2.63 bits per heavy atom. The van der Waals surface area contributed by atoms with Crippen molar-refractivity contribution in [2.24, 2.45) is 0 Å². The molecule has 8 heteroatoms. The smallest absolute Gasteiger partial charge is 0.324 e. The van der Waals surface area contributed by atoms with Crippen molar-refractivity contribution in [3.05, 3.63) is 28.8 Å². The Hall–Kier alpha value is -1.15. The van der Waals surface area contributed by atoms with Crippen molar-refractivity contribution in [1.29, 1.82) is 0 Å². The van der Waals surface area contributed by atoms with Gasteiger partial charge in [0, 0.05) is 12.1 Å². The lowest BCUT2D eigenvalue weighted by Crippen LogP contribution is -2.43. The summed E-state index contributed by atoms with van der Waals surface area (Å²) in [6.45, 7) is 1.40. The van der Waals surface area contributed by atoms with Gasteiger partial charge in [0.25, 0.3) is 0 Å². The summed E-state index contributed by atoms with van der Waals surface area (Å²) < 4.78 is 30.7. The average molecular weight is 308 g/mol. The number of carbonyl (C=O) groups is 1. The molecule has 106 valence electrons. The Morgan fingerprint density at radius 1 is 1.53 bits per heavy atom. The Balaban J connectivity index is 3.03. The highest BCUT2D eigenvalue weighted by molar-refractivity contribution is 7.89. The third-order valence-corrected chi connectivity index (χ3v) is 4.26. The molecule has 0 saturated heterocycles. The van der Waals surface area contributed by atoms with Crippen LogP contribution in [0.15, 0.2) is 23.1 Å². The van der Waals surface area contributed by atoms with Crippen molar-refractivity contribution < 1.29 is 23.1 Å². The van der Waals surface area contributed by atoms with Crippen LogP contribution in [0.5, 0.6) is 0 Å². The molecule has 2 N–H and O–H groups in total. The molecule has 1 aromatic carbocycles. The van der Waals surface area contributed by atoms with Crippen LogP contribution in [0, 0.1) is 6.92 Å². The third-order valence-electron chi connectivity index (χ3n) is 2.37. The van der Waals surface area contributed by atoms with Gasteiger partial charge >= 0.3 is 5.97 Å². The quantitative estimate of drug-likeness (QED) is 0.818. The Labute approximate surface area is 116 Å². The van der Waals surface area contributed by atoms with Crippen LogP contribution in [0.1, 0.15) is 5.56 Å². The fraction of sp³-hybridized carbons (Fsp3) is 0.364. The normalized spacial score (nSPS) is 13.2. The van der Waals surface area contributed by atoms with Crippen molar-refractivity contribution in [3.63, 3.8) is 0 Å². The molecule has 0 radical (unpaired) electrons. The summed E-state index contributed by atoms with van der Waals surface area (Å²) in [5.41, 5.74) is 0.586. The molecular formula is C11H14ClNO5S. The van der Waals surface area contributed by atoms with E-state index in [1.165, 1.54) is 25.3 Å². The zero-order valence-electron chi connectivity index (χ0n) is 10.4. The molecule has 0 bridgehead atoms. The van der Waals surface area contributed by atoms with Gasteiger partial charge in [-0.25, -0.2) is 8.42 Å². The summed E-state index contributed by atoms with van der Waals surface area (Å²) in [7, 11) is -2.65. The van der Waals surface area contributed by atoms with Gasteiger partial charge in [0.15, 0.2) is 0 Å². The van der Waals surface area contributed by atoms with Crippen LogP contribution in [0.4, 0.5) is 0 Å². The van der Waals surface area contributed by atoms with Crippen LogP contribution in [0.25, 0.3) is 0 Å². The Morgan fingerprint density at radius 2 is 2.16 bits per heavy atom. The predicted octanol–water partition coefficient (Wildman–Crippen LogP) is 1.03. The molecule has 0 fully saturated rings. The average Bonchev–Trinajstić information content (AvgIpc) is 2.31. The van der Waals surface area contributed by atoms with Gasteiger partial charge in [0.05, 0.1) is 11.5 Å². The van der Waals surface area contributed by atoms with Gasteiger partial charge in [-0.1, -0.05) is 11.6 Å². The largest absolute Gasteiger partial charge is 0.480 e. The fourth-order valence-corrected chi connectivity index (χ4v) is 2.74. The molecule has 0 heterocycles. The standard InChI is InChI=1S/C11H14ClNO5S/c1-7-5-8(3-4-9(7)12)19(16,17)13-10(6-18-2)11(14)15/h3-5,10,13H,6H2,1-2H3,(H,14,15). The Kier molecular flexibility index (Phi) is 5.30. The monoisotopic (exact) mass is 307 g/mol. The molecular weight excluding hydrogens is 294 g/mol. The first-order valence-electron chi connectivity index (χ1n) is 5.28. The number of hydrogen-bond acceptors (Lipinski definition) is 4. The van der Waals surface area contributed by atoms with Crippen LogP contribution in [-0.4, -0.2) is 39.3 Å². The molecule has 0 aliphatic carbocycles. The van der Waals surface area contributed by atoms with Gasteiger partial charge in [-0.2, -0.15) is 4.72 Å². The number of carboxylic acids is 1. The Bertz CT molecular complexity index is 572. The molecule has 1 rings (SSSR count). The maximum absolute atomic E-state index is 12.0. The summed E-state index contributed by atoms with van der Waals surface area (Å²) in [4.78, 5) is 10.8. The molecule has 0 aliphatic heterocycles. The summed E-state index contributed by atoms with van der Waals surface area (Å²) in [5.74, 6) is -1.31. The second-order valence-electron chi connectivity index (χ2n) is 3.88. The van der Waals surface area contributed by atoms with E-state index >= 15 is 0 Å². The van der Waals surface area contributed by atoms with Gasteiger partial charge < -0.3 is 9.84 Å². The van der Waals surface area contributed by atoms with Crippen molar-refractivity contribution >= 4 is 27.6 Å². The van der Waals surface area contributed by atoms with Gasteiger partial charge in [-0.15, -0.1) is 0 Å². The number of methoxy groups -OCH3 is 1. The number of rotatable bonds is 6. The molecule has 19 heavy (non-hydrogen) atoms.